The Hall–Kier alpha value is -3.58. The van der Waals surface area contributed by atoms with E-state index in [1.807, 2.05) is 32.9 Å². The summed E-state index contributed by atoms with van der Waals surface area (Å²) in [6, 6.07) is 11.8. The minimum absolute atomic E-state index is 0.118. The van der Waals surface area contributed by atoms with E-state index in [9.17, 15) is 9.18 Å². The van der Waals surface area contributed by atoms with E-state index in [0.29, 0.717) is 24.4 Å². The number of hydrogen-bond acceptors (Lipinski definition) is 5. The molecule has 3 aromatic rings. The Bertz CT molecular complexity index is 1120. The van der Waals surface area contributed by atoms with E-state index in [0.717, 1.165) is 39.8 Å². The first-order chi connectivity index (χ1) is 14.9. The Kier molecular flexibility index (Phi) is 6.77. The fourth-order valence-corrected chi connectivity index (χ4v) is 3.51. The molecule has 0 aliphatic carbocycles. The molecule has 1 heterocycles. The van der Waals surface area contributed by atoms with Gasteiger partial charge in [-0.05, 0) is 79.9 Å². The Morgan fingerprint density at radius 1 is 1.23 bits per heavy atom. The molecule has 1 aromatic heterocycles. The van der Waals surface area contributed by atoms with Gasteiger partial charge < -0.3 is 9.63 Å². The number of aldehydes is 1. The zero-order chi connectivity index (χ0) is 22.5. The van der Waals surface area contributed by atoms with Crippen LogP contribution in [0.4, 0.5) is 4.39 Å². The highest BCUT2D eigenvalue weighted by atomic mass is 19.1. The number of hydrogen-bond donors (Lipinski definition) is 1. The zero-order valence-electron chi connectivity index (χ0n) is 17.9. The first-order valence-corrected chi connectivity index (χ1v) is 9.90. The van der Waals surface area contributed by atoms with E-state index in [-0.39, 0.29) is 11.7 Å². The summed E-state index contributed by atoms with van der Waals surface area (Å²) in [4.78, 5) is 20.4. The van der Waals surface area contributed by atoms with Crippen molar-refractivity contribution in [3.05, 3.63) is 82.8 Å². The van der Waals surface area contributed by atoms with Crippen molar-refractivity contribution in [3.8, 4) is 11.3 Å². The van der Waals surface area contributed by atoms with Crippen LogP contribution in [0, 0.1) is 19.7 Å². The number of carbonyl (C=O) groups excluding carboxylic acids is 1. The third kappa shape index (κ3) is 4.78. The molecule has 7 heteroatoms. The molecule has 160 valence electrons. The van der Waals surface area contributed by atoms with Crippen LogP contribution in [0.3, 0.4) is 0 Å². The number of carbonyl (C=O) groups is 1. The third-order valence-corrected chi connectivity index (χ3v) is 5.10. The molecule has 0 saturated heterocycles. The number of rotatable bonds is 7. The summed E-state index contributed by atoms with van der Waals surface area (Å²) < 4.78 is 15.1. The minimum Gasteiger partial charge on any atom is -0.389 e. The van der Waals surface area contributed by atoms with Crippen LogP contribution in [0.1, 0.15) is 34.9 Å². The van der Waals surface area contributed by atoms with Gasteiger partial charge in [0.05, 0.1) is 11.4 Å². The molecule has 31 heavy (non-hydrogen) atoms. The SMILES string of the molecule is C=C(N=C(ON)c1cc(-c2ccc(F)cc2)n(CC)n1)c1cc(C)c(CC=O)c(C)c1. The first kappa shape index (κ1) is 22.1. The molecule has 2 N–H and O–H groups in total. The Balaban J connectivity index is 1.97. The maximum atomic E-state index is 13.3. The van der Waals surface area contributed by atoms with Crippen molar-refractivity contribution in [3.63, 3.8) is 0 Å². The molecule has 0 saturated carbocycles. The second-order valence-corrected chi connectivity index (χ2v) is 7.18. The Labute approximate surface area is 180 Å². The number of benzene rings is 2. The predicted octanol–water partition coefficient (Wildman–Crippen LogP) is 4.38. The Morgan fingerprint density at radius 2 is 1.87 bits per heavy atom. The largest absolute Gasteiger partial charge is 0.389 e. The molecule has 0 amide bonds. The average molecular weight is 420 g/mol. The highest BCUT2D eigenvalue weighted by Crippen LogP contribution is 2.25. The number of nitrogens with zero attached hydrogens (tertiary/aromatic N) is 3. The van der Waals surface area contributed by atoms with Gasteiger partial charge in [0.25, 0.3) is 5.90 Å². The lowest BCUT2D eigenvalue weighted by atomic mass is 9.96. The van der Waals surface area contributed by atoms with Crippen LogP contribution >= 0.6 is 0 Å². The number of aromatic nitrogens is 2. The van der Waals surface area contributed by atoms with Gasteiger partial charge >= 0.3 is 0 Å². The molecule has 0 fully saturated rings. The molecule has 0 aliphatic heterocycles. The van der Waals surface area contributed by atoms with E-state index in [1.54, 1.807) is 22.9 Å². The van der Waals surface area contributed by atoms with Crippen LogP contribution in [0.2, 0.25) is 0 Å². The molecule has 0 spiro atoms. The highest BCUT2D eigenvalue weighted by molar-refractivity contribution is 5.96. The van der Waals surface area contributed by atoms with Crippen molar-refractivity contribution < 1.29 is 14.0 Å². The van der Waals surface area contributed by atoms with Crippen molar-refractivity contribution in [2.45, 2.75) is 33.7 Å². The molecule has 6 nitrogen and oxygen atoms in total. The van der Waals surface area contributed by atoms with Crippen molar-refractivity contribution >= 4 is 17.9 Å². The summed E-state index contributed by atoms with van der Waals surface area (Å²) in [6.45, 7) is 10.5. The van der Waals surface area contributed by atoms with Gasteiger partial charge in [-0.25, -0.2) is 9.38 Å². The molecule has 0 bridgehead atoms. The van der Waals surface area contributed by atoms with Crippen LogP contribution < -0.4 is 5.90 Å². The number of nitrogens with two attached hydrogens (primary N) is 1. The van der Waals surface area contributed by atoms with E-state index in [2.05, 4.69) is 16.7 Å². The van der Waals surface area contributed by atoms with Crippen molar-refractivity contribution in [2.75, 3.05) is 0 Å². The average Bonchev–Trinajstić information content (AvgIpc) is 3.19. The maximum Gasteiger partial charge on any atom is 0.265 e. The number of aryl methyl sites for hydroxylation is 3. The lowest BCUT2D eigenvalue weighted by Gasteiger charge is -2.11. The van der Waals surface area contributed by atoms with Crippen molar-refractivity contribution in [1.82, 2.24) is 9.78 Å². The summed E-state index contributed by atoms with van der Waals surface area (Å²) in [5, 5.41) is 4.53. The van der Waals surface area contributed by atoms with Gasteiger partial charge in [-0.15, -0.1) is 0 Å². The lowest BCUT2D eigenvalue weighted by molar-refractivity contribution is -0.107. The summed E-state index contributed by atoms with van der Waals surface area (Å²) in [5.74, 6) is 5.32. The molecular formula is C24H25FN4O2. The number of aliphatic imine (C=N–C) groups is 1. The van der Waals surface area contributed by atoms with E-state index >= 15 is 0 Å². The summed E-state index contributed by atoms with van der Waals surface area (Å²) in [7, 11) is 0. The van der Waals surface area contributed by atoms with Crippen molar-refractivity contribution in [1.29, 1.82) is 0 Å². The molecule has 0 atom stereocenters. The second-order valence-electron chi connectivity index (χ2n) is 7.18. The highest BCUT2D eigenvalue weighted by Gasteiger charge is 2.16. The number of halogens is 1. The van der Waals surface area contributed by atoms with E-state index in [4.69, 9.17) is 10.7 Å². The third-order valence-electron chi connectivity index (χ3n) is 5.10. The zero-order valence-corrected chi connectivity index (χ0v) is 17.9. The standard InChI is InChI=1S/C24H25FN4O2/c1-5-29-23(18-6-8-20(25)9-7-18)14-22(28-29)24(31-26)27-17(4)19-12-15(2)21(10-11-30)16(3)13-19/h6-9,11-14H,4-5,10,26H2,1-3H3. The molecule has 0 unspecified atom stereocenters. The first-order valence-electron chi connectivity index (χ1n) is 9.90. The predicted molar refractivity (Wildman–Crippen MR) is 120 cm³/mol. The van der Waals surface area contributed by atoms with Gasteiger partial charge in [0.2, 0.25) is 0 Å². The maximum absolute atomic E-state index is 13.3. The van der Waals surface area contributed by atoms with Crippen LogP contribution in [0.15, 0.2) is 54.0 Å². The molecule has 3 rings (SSSR count). The molecule has 0 aliphatic rings. The smallest absolute Gasteiger partial charge is 0.265 e. The van der Waals surface area contributed by atoms with Crippen LogP contribution in [-0.2, 0) is 22.6 Å². The van der Waals surface area contributed by atoms with Crippen LogP contribution in [0.5, 0.6) is 0 Å². The molecular weight excluding hydrogens is 395 g/mol. The topological polar surface area (TPSA) is 82.5 Å². The van der Waals surface area contributed by atoms with E-state index in [1.165, 1.54) is 12.1 Å². The van der Waals surface area contributed by atoms with Crippen molar-refractivity contribution in [2.24, 2.45) is 10.9 Å². The van der Waals surface area contributed by atoms with Gasteiger partial charge in [0, 0.05) is 24.1 Å². The minimum atomic E-state index is -0.305. The quantitative estimate of drug-likeness (QED) is 0.266. The molecule has 2 aromatic carbocycles. The fourth-order valence-electron chi connectivity index (χ4n) is 3.51. The van der Waals surface area contributed by atoms with Gasteiger partial charge in [-0.2, -0.15) is 11.0 Å². The monoisotopic (exact) mass is 420 g/mol. The normalized spacial score (nSPS) is 11.5. The van der Waals surface area contributed by atoms with Gasteiger partial charge in [-0.3, -0.25) is 4.68 Å². The van der Waals surface area contributed by atoms with Crippen LogP contribution in [0.25, 0.3) is 17.0 Å². The van der Waals surface area contributed by atoms with Crippen LogP contribution in [-0.4, -0.2) is 22.0 Å². The summed E-state index contributed by atoms with van der Waals surface area (Å²) in [6.07, 6.45) is 1.26. The van der Waals surface area contributed by atoms with Gasteiger partial charge in [0.15, 0.2) is 0 Å². The molecule has 0 radical (unpaired) electrons. The van der Waals surface area contributed by atoms with Gasteiger partial charge in [0.1, 0.15) is 17.8 Å². The van der Waals surface area contributed by atoms with Gasteiger partial charge in [-0.1, -0.05) is 6.58 Å². The fraction of sp³-hybridized carbons (Fsp3) is 0.208. The summed E-state index contributed by atoms with van der Waals surface area (Å²) in [5.41, 5.74) is 6.27. The van der Waals surface area contributed by atoms with E-state index < -0.39 is 0 Å². The lowest BCUT2D eigenvalue weighted by Crippen LogP contribution is -2.13. The summed E-state index contributed by atoms with van der Waals surface area (Å²) >= 11 is 0. The Morgan fingerprint density at radius 3 is 2.42 bits per heavy atom. The second kappa shape index (κ2) is 9.49.